The number of hydrogen-bond acceptors (Lipinski definition) is 4. The molecule has 3 rings (SSSR count). The van der Waals surface area contributed by atoms with Gasteiger partial charge in [-0.3, -0.25) is 9.88 Å². The van der Waals surface area contributed by atoms with Gasteiger partial charge in [0.25, 0.3) is 0 Å². The Bertz CT molecular complexity index is 831. The van der Waals surface area contributed by atoms with E-state index in [9.17, 15) is 8.42 Å². The van der Waals surface area contributed by atoms with Gasteiger partial charge in [-0.25, -0.2) is 8.42 Å². The zero-order valence-electron chi connectivity index (χ0n) is 15.0. The lowest BCUT2D eigenvalue weighted by molar-refractivity contribution is 0.0699. The fraction of sp³-hybridized carbons (Fsp3) is 0.421. The van der Waals surface area contributed by atoms with Crippen molar-refractivity contribution in [3.63, 3.8) is 0 Å². The van der Waals surface area contributed by atoms with Gasteiger partial charge in [0.15, 0.2) is 0 Å². The highest BCUT2D eigenvalue weighted by atomic mass is 32.2. The second kappa shape index (κ2) is 7.23. The molecule has 2 aromatic rings. The maximum absolute atomic E-state index is 12.2. The second-order valence-corrected chi connectivity index (χ2v) is 8.87. The first-order valence-corrected chi connectivity index (χ1v) is 10.3. The van der Waals surface area contributed by atoms with E-state index in [1.54, 1.807) is 16.7 Å². The van der Waals surface area contributed by atoms with Crippen molar-refractivity contribution in [3.05, 3.63) is 65.0 Å². The highest BCUT2D eigenvalue weighted by Gasteiger charge is 2.36. The van der Waals surface area contributed by atoms with Crippen molar-refractivity contribution >= 4 is 10.0 Å². The molecule has 0 N–H and O–H groups in total. The molecule has 0 saturated carbocycles. The normalized spacial score (nSPS) is 16.2. The monoisotopic (exact) mass is 359 g/mol. The van der Waals surface area contributed by atoms with E-state index in [0.29, 0.717) is 6.54 Å². The van der Waals surface area contributed by atoms with E-state index in [-0.39, 0.29) is 6.04 Å². The van der Waals surface area contributed by atoms with E-state index in [1.807, 2.05) is 12.1 Å². The van der Waals surface area contributed by atoms with Crippen LogP contribution in [-0.2, 0) is 23.1 Å². The molecule has 0 unspecified atom stereocenters. The summed E-state index contributed by atoms with van der Waals surface area (Å²) in [4.78, 5) is 6.28. The van der Waals surface area contributed by atoms with Gasteiger partial charge in [-0.05, 0) is 48.2 Å². The molecule has 1 aromatic carbocycles. The molecule has 134 valence electrons. The number of pyridine rings is 1. The molecule has 1 aromatic heterocycles. The van der Waals surface area contributed by atoms with Crippen LogP contribution in [0.15, 0.2) is 42.7 Å². The van der Waals surface area contributed by atoms with Crippen LogP contribution < -0.4 is 0 Å². The zero-order chi connectivity index (χ0) is 18.0. The van der Waals surface area contributed by atoms with Crippen molar-refractivity contribution in [2.45, 2.75) is 33.0 Å². The molecule has 0 atom stereocenters. The molecule has 0 spiro atoms. The lowest BCUT2D eigenvalue weighted by atomic mass is 10.0. The lowest BCUT2D eigenvalue weighted by Gasteiger charge is -2.44. The minimum absolute atomic E-state index is 0.0368. The summed E-state index contributed by atoms with van der Waals surface area (Å²) in [6.07, 6.45) is 4.69. The molecule has 25 heavy (non-hydrogen) atoms. The summed E-state index contributed by atoms with van der Waals surface area (Å²) in [6.45, 7) is 7.05. The van der Waals surface area contributed by atoms with Crippen LogP contribution >= 0.6 is 0 Å². The summed E-state index contributed by atoms with van der Waals surface area (Å²) < 4.78 is 26.0. The molecule has 2 heterocycles. The van der Waals surface area contributed by atoms with Crippen molar-refractivity contribution in [1.29, 1.82) is 0 Å². The summed E-state index contributed by atoms with van der Waals surface area (Å²) >= 11 is 0. The minimum atomic E-state index is -3.25. The Kier molecular flexibility index (Phi) is 5.22. The van der Waals surface area contributed by atoms with Crippen molar-refractivity contribution in [2.75, 3.05) is 19.3 Å². The first-order valence-electron chi connectivity index (χ1n) is 8.47. The zero-order valence-corrected chi connectivity index (χ0v) is 15.8. The van der Waals surface area contributed by atoms with Crippen LogP contribution in [0.2, 0.25) is 0 Å². The van der Waals surface area contributed by atoms with Crippen molar-refractivity contribution in [3.8, 4) is 0 Å². The Morgan fingerprint density at radius 1 is 1.08 bits per heavy atom. The average Bonchev–Trinajstić information content (AvgIpc) is 2.52. The number of likely N-dealkylation sites (tertiary alicyclic amines) is 1. The summed E-state index contributed by atoms with van der Waals surface area (Å²) in [6, 6.07) is 10.3. The largest absolute Gasteiger partial charge is 0.296 e. The van der Waals surface area contributed by atoms with E-state index >= 15 is 0 Å². The van der Waals surface area contributed by atoms with E-state index in [1.165, 1.54) is 22.9 Å². The molecule has 1 fully saturated rings. The van der Waals surface area contributed by atoms with Crippen LogP contribution in [0, 0.1) is 13.8 Å². The Morgan fingerprint density at radius 2 is 1.76 bits per heavy atom. The number of aromatic nitrogens is 1. The number of benzene rings is 1. The fourth-order valence-corrected chi connectivity index (χ4v) is 4.26. The van der Waals surface area contributed by atoms with Crippen molar-refractivity contribution in [2.24, 2.45) is 0 Å². The molecule has 0 radical (unpaired) electrons. The Hall–Kier alpha value is -1.76. The van der Waals surface area contributed by atoms with Gasteiger partial charge in [0.05, 0.1) is 12.3 Å². The third-order valence-electron chi connectivity index (χ3n) is 4.84. The van der Waals surface area contributed by atoms with Crippen LogP contribution in [0.4, 0.5) is 0 Å². The molecular weight excluding hydrogens is 334 g/mol. The fourth-order valence-electron chi connectivity index (χ4n) is 3.20. The lowest BCUT2D eigenvalue weighted by Crippen LogP contribution is -2.59. The third-order valence-corrected chi connectivity index (χ3v) is 6.12. The first-order chi connectivity index (χ1) is 11.8. The predicted octanol–water partition coefficient (Wildman–Crippen LogP) is 2.34. The molecule has 0 aliphatic carbocycles. The molecule has 0 bridgehead atoms. The number of nitrogens with zero attached hydrogens (tertiary/aromatic N) is 3. The molecule has 5 nitrogen and oxygen atoms in total. The third kappa shape index (κ3) is 4.45. The minimum Gasteiger partial charge on any atom is -0.296 e. The summed E-state index contributed by atoms with van der Waals surface area (Å²) in [5.74, 6) is 0. The second-order valence-electron chi connectivity index (χ2n) is 6.93. The molecule has 1 aliphatic rings. The standard InChI is InChI=1S/C19H25N3O2S/c1-15-4-5-18(10-16(15)2)11-21-13-19(14-21)22(25(3,23)24)12-17-6-8-20-9-7-17/h4-10,19H,11-14H2,1-3H3. The number of aryl methyl sites for hydroxylation is 2. The van der Waals surface area contributed by atoms with Gasteiger partial charge in [-0.1, -0.05) is 18.2 Å². The number of sulfonamides is 1. The Balaban J connectivity index is 1.62. The van der Waals surface area contributed by atoms with Crippen LogP contribution in [0.25, 0.3) is 0 Å². The van der Waals surface area contributed by atoms with E-state index < -0.39 is 10.0 Å². The maximum Gasteiger partial charge on any atom is 0.211 e. The van der Waals surface area contributed by atoms with Crippen LogP contribution in [0.5, 0.6) is 0 Å². The molecule has 0 amide bonds. The van der Waals surface area contributed by atoms with E-state index in [2.05, 4.69) is 41.9 Å². The van der Waals surface area contributed by atoms with E-state index in [4.69, 9.17) is 0 Å². The van der Waals surface area contributed by atoms with Gasteiger partial charge in [0.1, 0.15) is 0 Å². The van der Waals surface area contributed by atoms with Gasteiger partial charge in [-0.15, -0.1) is 0 Å². The van der Waals surface area contributed by atoms with E-state index in [0.717, 1.165) is 25.2 Å². The summed E-state index contributed by atoms with van der Waals surface area (Å²) in [7, 11) is -3.25. The number of hydrogen-bond donors (Lipinski definition) is 0. The van der Waals surface area contributed by atoms with Gasteiger partial charge in [0.2, 0.25) is 10.0 Å². The van der Waals surface area contributed by atoms with Crippen LogP contribution in [0.3, 0.4) is 0 Å². The highest BCUT2D eigenvalue weighted by molar-refractivity contribution is 7.88. The first kappa shape index (κ1) is 18.0. The highest BCUT2D eigenvalue weighted by Crippen LogP contribution is 2.23. The molecule has 6 heteroatoms. The van der Waals surface area contributed by atoms with Crippen molar-refractivity contribution < 1.29 is 8.42 Å². The quantitative estimate of drug-likeness (QED) is 0.794. The topological polar surface area (TPSA) is 53.5 Å². The van der Waals surface area contributed by atoms with Gasteiger partial charge in [0, 0.05) is 38.6 Å². The average molecular weight is 359 g/mol. The van der Waals surface area contributed by atoms with Crippen LogP contribution in [-0.4, -0.2) is 48.0 Å². The summed E-state index contributed by atoms with van der Waals surface area (Å²) in [5.41, 5.74) is 4.84. The van der Waals surface area contributed by atoms with Crippen molar-refractivity contribution in [1.82, 2.24) is 14.2 Å². The van der Waals surface area contributed by atoms with Gasteiger partial charge >= 0.3 is 0 Å². The molecule has 1 saturated heterocycles. The predicted molar refractivity (Wildman–Crippen MR) is 99.6 cm³/mol. The maximum atomic E-state index is 12.2. The molecule has 1 aliphatic heterocycles. The Morgan fingerprint density at radius 3 is 2.36 bits per heavy atom. The molecular formula is C19H25N3O2S. The SMILES string of the molecule is Cc1ccc(CN2CC(N(Cc3ccncc3)S(C)(=O)=O)C2)cc1C. The van der Waals surface area contributed by atoms with Crippen LogP contribution in [0.1, 0.15) is 22.3 Å². The number of rotatable bonds is 6. The van der Waals surface area contributed by atoms with Gasteiger partial charge < -0.3 is 0 Å². The van der Waals surface area contributed by atoms with Gasteiger partial charge in [-0.2, -0.15) is 4.31 Å². The Labute approximate surface area is 150 Å². The summed E-state index contributed by atoms with van der Waals surface area (Å²) in [5, 5.41) is 0. The smallest absolute Gasteiger partial charge is 0.211 e.